The van der Waals surface area contributed by atoms with Crippen molar-refractivity contribution in [3.8, 4) is 11.3 Å². The number of likely N-dealkylation sites (tertiary alicyclic amines) is 1. The molecule has 0 unspecified atom stereocenters. The van der Waals surface area contributed by atoms with E-state index in [2.05, 4.69) is 40.7 Å². The summed E-state index contributed by atoms with van der Waals surface area (Å²) in [5.41, 5.74) is 8.72. The molecule has 3 aromatic heterocycles. The first-order valence-electron chi connectivity index (χ1n) is 11.2. The van der Waals surface area contributed by atoms with Gasteiger partial charge in [-0.2, -0.15) is 0 Å². The predicted molar refractivity (Wildman–Crippen MR) is 123 cm³/mol. The van der Waals surface area contributed by atoms with Gasteiger partial charge in [0.1, 0.15) is 30.1 Å². The van der Waals surface area contributed by atoms with Gasteiger partial charge in [0.05, 0.1) is 23.0 Å². The Balaban J connectivity index is 1.34. The zero-order valence-electron chi connectivity index (χ0n) is 18.4. The molecule has 0 aromatic carbocycles. The topological polar surface area (TPSA) is 114 Å². The van der Waals surface area contributed by atoms with Crippen molar-refractivity contribution in [1.29, 1.82) is 0 Å². The van der Waals surface area contributed by atoms with E-state index in [0.717, 1.165) is 67.5 Å². The molecule has 0 amide bonds. The average Bonchev–Trinajstić information content (AvgIpc) is 3.44. The lowest BCUT2D eigenvalue weighted by Crippen LogP contribution is -2.39. The summed E-state index contributed by atoms with van der Waals surface area (Å²) >= 11 is 0. The highest BCUT2D eigenvalue weighted by Crippen LogP contribution is 2.32. The van der Waals surface area contributed by atoms with Crippen LogP contribution in [0.25, 0.3) is 11.3 Å². The third-order valence-electron chi connectivity index (χ3n) is 6.45. The number of nitrogen functional groups attached to an aromatic ring is 1. The van der Waals surface area contributed by atoms with Gasteiger partial charge in [-0.15, -0.1) is 0 Å². The van der Waals surface area contributed by atoms with Gasteiger partial charge in [0, 0.05) is 51.6 Å². The summed E-state index contributed by atoms with van der Waals surface area (Å²) in [6.45, 7) is 6.18. The first kappa shape index (κ1) is 20.6. The molecule has 0 saturated carbocycles. The molecule has 0 aliphatic carbocycles. The largest absolute Gasteiger partial charge is 0.383 e. The van der Waals surface area contributed by atoms with Gasteiger partial charge in [-0.25, -0.2) is 15.0 Å². The predicted octanol–water partition coefficient (Wildman–Crippen LogP) is 2.05. The summed E-state index contributed by atoms with van der Waals surface area (Å²) in [7, 11) is 1.73. The van der Waals surface area contributed by atoms with Crippen LogP contribution in [0.5, 0.6) is 0 Å². The molecule has 3 aromatic rings. The molecule has 5 rings (SSSR count). The second-order valence-corrected chi connectivity index (χ2v) is 8.43. The summed E-state index contributed by atoms with van der Waals surface area (Å²) in [4.78, 5) is 22.5. The van der Waals surface area contributed by atoms with Crippen LogP contribution in [0.4, 0.5) is 11.6 Å². The highest BCUT2D eigenvalue weighted by molar-refractivity contribution is 5.91. The summed E-state index contributed by atoms with van der Waals surface area (Å²) in [5.74, 6) is 2.85. The van der Waals surface area contributed by atoms with Crippen molar-refractivity contribution in [1.82, 2.24) is 29.6 Å². The molecule has 0 spiro atoms. The van der Waals surface area contributed by atoms with E-state index in [-0.39, 0.29) is 0 Å². The van der Waals surface area contributed by atoms with E-state index in [4.69, 9.17) is 15.2 Å². The number of hydrogen-bond acceptors (Lipinski definition) is 9. The second-order valence-electron chi connectivity index (χ2n) is 8.43. The van der Waals surface area contributed by atoms with Crippen molar-refractivity contribution in [2.75, 3.05) is 50.4 Å². The van der Waals surface area contributed by atoms with Crippen LogP contribution in [0.1, 0.15) is 36.6 Å². The fourth-order valence-electron chi connectivity index (χ4n) is 4.51. The van der Waals surface area contributed by atoms with Crippen LogP contribution < -0.4 is 10.6 Å². The third-order valence-corrected chi connectivity index (χ3v) is 6.45. The molecule has 0 bridgehead atoms. The van der Waals surface area contributed by atoms with Crippen LogP contribution in [0.3, 0.4) is 0 Å². The molecule has 168 valence electrons. The Morgan fingerprint density at radius 2 is 2.03 bits per heavy atom. The van der Waals surface area contributed by atoms with Crippen molar-refractivity contribution < 1.29 is 4.52 Å². The number of aromatic nitrogens is 5. The summed E-state index contributed by atoms with van der Waals surface area (Å²) in [6, 6.07) is 0. The maximum atomic E-state index is 6.08. The lowest BCUT2D eigenvalue weighted by molar-refractivity contribution is 0.173. The number of nitrogens with zero attached hydrogens (tertiary/aromatic N) is 8. The summed E-state index contributed by atoms with van der Waals surface area (Å²) < 4.78 is 7.38. The molecular weight excluding hydrogens is 406 g/mol. The van der Waals surface area contributed by atoms with Crippen LogP contribution in [-0.2, 0) is 6.54 Å². The number of aliphatic imine (C=N–C) groups is 1. The fourth-order valence-corrected chi connectivity index (χ4v) is 4.51. The molecule has 2 aliphatic rings. The zero-order chi connectivity index (χ0) is 21.9. The highest BCUT2D eigenvalue weighted by Gasteiger charge is 2.28. The van der Waals surface area contributed by atoms with Crippen LogP contribution in [0.15, 0.2) is 34.5 Å². The van der Waals surface area contributed by atoms with E-state index in [1.54, 1.807) is 25.7 Å². The molecule has 2 aliphatic heterocycles. The first-order chi connectivity index (χ1) is 15.7. The monoisotopic (exact) mass is 435 g/mol. The van der Waals surface area contributed by atoms with E-state index in [0.29, 0.717) is 11.7 Å². The summed E-state index contributed by atoms with van der Waals surface area (Å²) in [6.07, 6.45) is 12.1. The minimum absolute atomic E-state index is 0.388. The van der Waals surface area contributed by atoms with E-state index in [9.17, 15) is 0 Å². The molecule has 2 saturated heterocycles. The number of hydrogen-bond donors (Lipinski definition) is 1. The van der Waals surface area contributed by atoms with Crippen molar-refractivity contribution in [2.24, 2.45) is 4.99 Å². The fraction of sp³-hybridized carbons (Fsp3) is 0.500. The lowest BCUT2D eigenvalue weighted by atomic mass is 9.95. The minimum atomic E-state index is 0.388. The second kappa shape index (κ2) is 9.07. The molecule has 10 nitrogen and oxygen atoms in total. The number of piperidine rings is 1. The van der Waals surface area contributed by atoms with Crippen molar-refractivity contribution in [3.05, 3.63) is 36.4 Å². The van der Waals surface area contributed by atoms with Crippen molar-refractivity contribution >= 4 is 17.9 Å². The Morgan fingerprint density at radius 1 is 1.19 bits per heavy atom. The lowest BCUT2D eigenvalue weighted by Gasteiger charge is -2.34. The minimum Gasteiger partial charge on any atom is -0.383 e. The Labute approximate surface area is 187 Å². The molecule has 0 radical (unpaired) electrons. The van der Waals surface area contributed by atoms with E-state index >= 15 is 0 Å². The molecule has 2 N–H and O–H groups in total. The molecule has 2 fully saturated rings. The van der Waals surface area contributed by atoms with Crippen molar-refractivity contribution in [3.63, 3.8) is 0 Å². The normalized spacial score (nSPS) is 17.8. The van der Waals surface area contributed by atoms with Crippen LogP contribution in [0, 0.1) is 0 Å². The Bertz CT molecular complexity index is 1060. The number of rotatable bonds is 7. The van der Waals surface area contributed by atoms with Gasteiger partial charge in [-0.3, -0.25) is 4.99 Å². The third kappa shape index (κ3) is 4.10. The quantitative estimate of drug-likeness (QED) is 0.561. The van der Waals surface area contributed by atoms with Gasteiger partial charge in [0.2, 0.25) is 0 Å². The van der Waals surface area contributed by atoms with Crippen molar-refractivity contribution in [2.45, 2.75) is 31.7 Å². The van der Waals surface area contributed by atoms with Crippen LogP contribution in [-0.4, -0.2) is 75.6 Å². The van der Waals surface area contributed by atoms with Gasteiger partial charge in [-0.05, 0) is 32.4 Å². The van der Waals surface area contributed by atoms with Crippen LogP contribution in [0.2, 0.25) is 0 Å². The Morgan fingerprint density at radius 3 is 2.72 bits per heavy atom. The van der Waals surface area contributed by atoms with Gasteiger partial charge >= 0.3 is 0 Å². The maximum Gasteiger partial charge on any atom is 0.142 e. The van der Waals surface area contributed by atoms with E-state index < -0.39 is 0 Å². The van der Waals surface area contributed by atoms with Crippen LogP contribution >= 0.6 is 0 Å². The molecular formula is C22H29N9O. The average molecular weight is 436 g/mol. The molecule has 32 heavy (non-hydrogen) atoms. The Kier molecular flexibility index (Phi) is 5.85. The smallest absolute Gasteiger partial charge is 0.142 e. The first-order valence-corrected chi connectivity index (χ1v) is 11.2. The zero-order valence-corrected chi connectivity index (χ0v) is 18.4. The van der Waals surface area contributed by atoms with Gasteiger partial charge < -0.3 is 24.6 Å². The number of anilines is 2. The Hall–Kier alpha value is -3.27. The standard InChI is InChI=1S/C22H29N9O/c1-24-12-18-20(23)25-15-26-22(18)30-7-3-16(4-8-30)21-28-19(17-11-27-32-14-17)13-31(21)10-9-29-5-2-6-29/h11-16H,2-10H2,1H3,(H2,23,25,26). The van der Waals surface area contributed by atoms with E-state index in [1.807, 2.05) is 0 Å². The highest BCUT2D eigenvalue weighted by atomic mass is 16.5. The SMILES string of the molecule is CN=Cc1c(N)ncnc1N1CCC(c2nc(-c3cnoc3)cn2CCN2CCC2)CC1. The summed E-state index contributed by atoms with van der Waals surface area (Å²) in [5, 5.41) is 3.85. The molecule has 0 atom stereocenters. The van der Waals surface area contributed by atoms with Gasteiger partial charge in [0.25, 0.3) is 0 Å². The molecule has 10 heteroatoms. The number of imidazole rings is 1. The number of nitrogens with two attached hydrogens (primary N) is 1. The van der Waals surface area contributed by atoms with E-state index in [1.165, 1.54) is 25.8 Å². The molecule has 5 heterocycles. The van der Waals surface area contributed by atoms with Gasteiger partial charge in [-0.1, -0.05) is 5.16 Å². The van der Waals surface area contributed by atoms with Gasteiger partial charge in [0.15, 0.2) is 0 Å². The maximum absolute atomic E-state index is 6.08.